The lowest BCUT2D eigenvalue weighted by Crippen LogP contribution is -1.94. The van der Waals surface area contributed by atoms with Crippen LogP contribution in [-0.4, -0.2) is 5.91 Å². The summed E-state index contributed by atoms with van der Waals surface area (Å²) in [5.74, 6) is -0.601. The molecule has 4 nitrogen and oxygen atoms in total. The van der Waals surface area contributed by atoms with Crippen LogP contribution in [0.1, 0.15) is 10.4 Å². The van der Waals surface area contributed by atoms with E-state index >= 15 is 0 Å². The van der Waals surface area contributed by atoms with Crippen LogP contribution in [0.3, 0.4) is 0 Å². The van der Waals surface area contributed by atoms with E-state index in [1.807, 2.05) is 0 Å². The number of carbonyl (C=O) groups excluding carboxylic acids is 1. The summed E-state index contributed by atoms with van der Waals surface area (Å²) in [6.45, 7) is 0. The molecule has 0 atom stereocenters. The van der Waals surface area contributed by atoms with Gasteiger partial charge in [0.2, 0.25) is 5.91 Å². The Morgan fingerprint density at radius 2 is 2.15 bits per heavy atom. The van der Waals surface area contributed by atoms with E-state index in [2.05, 4.69) is 41.9 Å². The summed E-state index contributed by atoms with van der Waals surface area (Å²) in [6, 6.07) is 5.06. The van der Waals surface area contributed by atoms with Crippen molar-refractivity contribution in [3.8, 4) is 0 Å². The van der Waals surface area contributed by atoms with Gasteiger partial charge in [0.1, 0.15) is 0 Å². The largest absolute Gasteiger partial charge is 0.287 e. The number of amides is 1. The lowest BCUT2D eigenvalue weighted by Gasteiger charge is -1.98. The van der Waals surface area contributed by atoms with E-state index in [1.165, 1.54) is 0 Å². The molecular formula is C7H3Br2N3O. The van der Waals surface area contributed by atoms with Crippen LogP contribution in [-0.2, 0) is 0 Å². The van der Waals surface area contributed by atoms with E-state index in [0.717, 1.165) is 4.47 Å². The second-order valence-electron chi connectivity index (χ2n) is 2.12. The van der Waals surface area contributed by atoms with Crippen LogP contribution in [0.2, 0.25) is 0 Å². The summed E-state index contributed by atoms with van der Waals surface area (Å²) in [4.78, 5) is 13.6. The molecule has 1 aromatic rings. The maximum Gasteiger partial charge on any atom is 0.250 e. The van der Waals surface area contributed by atoms with Gasteiger partial charge in [0.05, 0.1) is 0 Å². The minimum atomic E-state index is -0.601. The molecule has 0 saturated heterocycles. The third-order valence-corrected chi connectivity index (χ3v) is 2.48. The Hall–Kier alpha value is -0.840. The zero-order valence-electron chi connectivity index (χ0n) is 6.24. The van der Waals surface area contributed by atoms with Crippen LogP contribution in [0.5, 0.6) is 0 Å². The smallest absolute Gasteiger partial charge is 0.250 e. The van der Waals surface area contributed by atoms with Gasteiger partial charge in [0.15, 0.2) is 0 Å². The van der Waals surface area contributed by atoms with Crippen molar-refractivity contribution >= 4 is 37.8 Å². The molecule has 0 fully saturated rings. The maximum absolute atomic E-state index is 11.1. The summed E-state index contributed by atoms with van der Waals surface area (Å²) < 4.78 is 1.36. The van der Waals surface area contributed by atoms with E-state index < -0.39 is 5.91 Å². The standard InChI is InChI=1S/C7H3Br2N3O/c8-4-1-2-6(9)5(3-4)7(13)11-12-10/h1-3H. The highest BCUT2D eigenvalue weighted by Crippen LogP contribution is 2.22. The number of halogens is 2. The number of nitrogens with zero attached hydrogens (tertiary/aromatic N) is 3. The maximum atomic E-state index is 11.1. The second-order valence-corrected chi connectivity index (χ2v) is 3.89. The fraction of sp³-hybridized carbons (Fsp3) is 0. The summed E-state index contributed by atoms with van der Waals surface area (Å²) in [5, 5.41) is 2.99. The lowest BCUT2D eigenvalue weighted by atomic mass is 10.2. The Bertz CT molecular complexity index is 399. The van der Waals surface area contributed by atoms with Gasteiger partial charge in [-0.05, 0) is 28.8 Å². The molecule has 0 N–H and O–H groups in total. The monoisotopic (exact) mass is 303 g/mol. The molecule has 0 radical (unpaired) electrons. The van der Waals surface area contributed by atoms with Crippen molar-refractivity contribution in [3.63, 3.8) is 0 Å². The average molecular weight is 305 g/mol. The number of rotatable bonds is 1. The third kappa shape index (κ3) is 2.55. The highest BCUT2D eigenvalue weighted by Gasteiger charge is 2.07. The van der Waals surface area contributed by atoms with Crippen LogP contribution in [0.15, 0.2) is 32.3 Å². The SMILES string of the molecule is [N-]=[N+]=NC(=O)c1cc(Br)ccc1Br. The van der Waals surface area contributed by atoms with Crippen molar-refractivity contribution in [1.82, 2.24) is 0 Å². The zero-order valence-corrected chi connectivity index (χ0v) is 9.41. The normalized spacial score (nSPS) is 9.08. The predicted molar refractivity (Wildman–Crippen MR) is 55.3 cm³/mol. The van der Waals surface area contributed by atoms with Gasteiger partial charge >= 0.3 is 0 Å². The molecule has 1 rings (SSSR count). The van der Waals surface area contributed by atoms with Crippen molar-refractivity contribution < 1.29 is 4.79 Å². The Balaban J connectivity index is 3.20. The number of hydrogen-bond donors (Lipinski definition) is 0. The van der Waals surface area contributed by atoms with Gasteiger partial charge in [-0.1, -0.05) is 31.9 Å². The Labute approximate surface area is 90.8 Å². The van der Waals surface area contributed by atoms with E-state index in [9.17, 15) is 4.79 Å². The molecule has 0 unspecified atom stereocenters. The first-order valence-electron chi connectivity index (χ1n) is 3.19. The highest BCUT2D eigenvalue weighted by atomic mass is 79.9. The van der Waals surface area contributed by atoms with Gasteiger partial charge < -0.3 is 0 Å². The number of carbonyl (C=O) groups is 1. The van der Waals surface area contributed by atoms with E-state index in [1.54, 1.807) is 18.2 Å². The van der Waals surface area contributed by atoms with Crippen LogP contribution in [0.25, 0.3) is 10.4 Å². The molecule has 6 heteroatoms. The minimum absolute atomic E-state index is 0.340. The fourth-order valence-electron chi connectivity index (χ4n) is 0.756. The average Bonchev–Trinajstić information content (AvgIpc) is 2.09. The topological polar surface area (TPSA) is 65.8 Å². The molecule has 0 heterocycles. The van der Waals surface area contributed by atoms with Gasteiger partial charge in [0.25, 0.3) is 0 Å². The van der Waals surface area contributed by atoms with Crippen LogP contribution in [0.4, 0.5) is 0 Å². The molecule has 1 aromatic carbocycles. The molecule has 0 aliphatic carbocycles. The molecule has 66 valence electrons. The Morgan fingerprint density at radius 1 is 1.46 bits per heavy atom. The first kappa shape index (κ1) is 10.2. The Morgan fingerprint density at radius 3 is 2.77 bits per heavy atom. The molecule has 0 aliphatic heterocycles. The number of benzene rings is 1. The quantitative estimate of drug-likeness (QED) is 0.443. The predicted octanol–water partition coefficient (Wildman–Crippen LogP) is 3.66. The van der Waals surface area contributed by atoms with Gasteiger partial charge in [-0.3, -0.25) is 4.79 Å². The van der Waals surface area contributed by atoms with Crippen molar-refractivity contribution in [2.75, 3.05) is 0 Å². The summed E-state index contributed by atoms with van der Waals surface area (Å²) in [6.07, 6.45) is 0. The molecule has 0 saturated carbocycles. The highest BCUT2D eigenvalue weighted by molar-refractivity contribution is 9.11. The van der Waals surface area contributed by atoms with E-state index in [4.69, 9.17) is 5.53 Å². The van der Waals surface area contributed by atoms with Crippen LogP contribution in [0, 0.1) is 0 Å². The van der Waals surface area contributed by atoms with Crippen LogP contribution < -0.4 is 0 Å². The summed E-state index contributed by atoms with van der Waals surface area (Å²) in [5.41, 5.74) is 8.41. The second kappa shape index (κ2) is 4.41. The lowest BCUT2D eigenvalue weighted by molar-refractivity contribution is 0.0999. The van der Waals surface area contributed by atoms with Crippen molar-refractivity contribution in [2.24, 2.45) is 5.11 Å². The van der Waals surface area contributed by atoms with Crippen molar-refractivity contribution in [3.05, 3.63) is 43.2 Å². The van der Waals surface area contributed by atoms with Gasteiger partial charge in [-0.15, -0.1) is 0 Å². The number of azide groups is 1. The van der Waals surface area contributed by atoms with Gasteiger partial charge in [-0.2, -0.15) is 0 Å². The van der Waals surface area contributed by atoms with Crippen LogP contribution >= 0.6 is 31.9 Å². The van der Waals surface area contributed by atoms with E-state index in [-0.39, 0.29) is 0 Å². The molecule has 1 amide bonds. The zero-order chi connectivity index (χ0) is 9.84. The molecule has 0 bridgehead atoms. The molecular weight excluding hydrogens is 302 g/mol. The minimum Gasteiger partial charge on any atom is -0.287 e. The Kier molecular flexibility index (Phi) is 3.48. The van der Waals surface area contributed by atoms with Crippen molar-refractivity contribution in [1.29, 1.82) is 0 Å². The first-order valence-corrected chi connectivity index (χ1v) is 4.78. The molecule has 0 spiro atoms. The van der Waals surface area contributed by atoms with Gasteiger partial charge in [0, 0.05) is 19.4 Å². The number of hydrogen-bond acceptors (Lipinski definition) is 1. The van der Waals surface area contributed by atoms with E-state index in [0.29, 0.717) is 10.0 Å². The summed E-state index contributed by atoms with van der Waals surface area (Å²) >= 11 is 6.38. The van der Waals surface area contributed by atoms with Crippen molar-refractivity contribution in [2.45, 2.75) is 0 Å². The molecule has 0 aliphatic rings. The first-order chi connectivity index (χ1) is 6.15. The molecule has 0 aromatic heterocycles. The van der Waals surface area contributed by atoms with Gasteiger partial charge in [-0.25, -0.2) is 0 Å². The third-order valence-electron chi connectivity index (χ3n) is 1.29. The molecule has 13 heavy (non-hydrogen) atoms. The fourth-order valence-corrected chi connectivity index (χ4v) is 1.53. The summed E-state index contributed by atoms with van der Waals surface area (Å²) in [7, 11) is 0.